The van der Waals surface area contributed by atoms with Crippen molar-refractivity contribution in [2.45, 2.75) is 52.4 Å². The first-order valence-corrected chi connectivity index (χ1v) is 8.24. The maximum atomic E-state index is 12.4. The van der Waals surface area contributed by atoms with Gasteiger partial charge in [0.05, 0.1) is 0 Å². The lowest BCUT2D eigenvalue weighted by Gasteiger charge is -2.20. The third-order valence-corrected chi connectivity index (χ3v) is 5.25. The Bertz CT molecular complexity index is 471. The summed E-state index contributed by atoms with van der Waals surface area (Å²) < 4.78 is 0. The van der Waals surface area contributed by atoms with Crippen LogP contribution in [0.2, 0.25) is 0 Å². The number of carbonyl (C=O) groups is 1. The van der Waals surface area contributed by atoms with Crippen LogP contribution in [0.5, 0.6) is 0 Å². The van der Waals surface area contributed by atoms with Crippen molar-refractivity contribution in [3.63, 3.8) is 0 Å². The van der Waals surface area contributed by atoms with E-state index in [-0.39, 0.29) is 0 Å². The summed E-state index contributed by atoms with van der Waals surface area (Å²) in [6, 6.07) is 8.34. The van der Waals surface area contributed by atoms with Crippen LogP contribution >= 0.6 is 0 Å². The molecule has 2 fully saturated rings. The van der Waals surface area contributed by atoms with Crippen molar-refractivity contribution in [1.29, 1.82) is 0 Å². The number of benzene rings is 1. The third-order valence-electron chi connectivity index (χ3n) is 5.25. The molecule has 0 heterocycles. The van der Waals surface area contributed by atoms with E-state index in [2.05, 4.69) is 26.0 Å². The van der Waals surface area contributed by atoms with E-state index in [0.29, 0.717) is 17.6 Å². The fourth-order valence-electron chi connectivity index (χ4n) is 4.28. The summed E-state index contributed by atoms with van der Waals surface area (Å²) in [5.74, 6) is 3.50. The first kappa shape index (κ1) is 13.9. The predicted molar refractivity (Wildman–Crippen MR) is 82.9 cm³/mol. The number of hydrogen-bond acceptors (Lipinski definition) is 1. The molecule has 2 saturated carbocycles. The molecule has 2 aliphatic carbocycles. The second-order valence-corrected chi connectivity index (χ2v) is 7.36. The lowest BCUT2D eigenvalue weighted by Crippen LogP contribution is -2.15. The number of ketones is 1. The maximum absolute atomic E-state index is 12.4. The second-order valence-electron chi connectivity index (χ2n) is 7.36. The zero-order chi connectivity index (χ0) is 14.1. The van der Waals surface area contributed by atoms with Gasteiger partial charge < -0.3 is 0 Å². The van der Waals surface area contributed by atoms with Gasteiger partial charge in [0.2, 0.25) is 0 Å². The molecule has 0 N–H and O–H groups in total. The van der Waals surface area contributed by atoms with Crippen molar-refractivity contribution < 1.29 is 4.79 Å². The van der Waals surface area contributed by atoms with E-state index in [1.807, 2.05) is 12.1 Å². The molecule has 3 rings (SSSR count). The minimum atomic E-state index is 0.360. The average Bonchev–Trinajstić information content (AvgIpc) is 3.01. The highest BCUT2D eigenvalue weighted by Gasteiger charge is 2.40. The molecular formula is C19H26O. The van der Waals surface area contributed by atoms with Gasteiger partial charge in [0.15, 0.2) is 5.78 Å². The normalized spacial score (nSPS) is 28.2. The Hall–Kier alpha value is -1.11. The molecule has 1 aromatic carbocycles. The number of fused-ring (bicyclic) bond motifs is 2. The largest absolute Gasteiger partial charge is 0.294 e. The summed E-state index contributed by atoms with van der Waals surface area (Å²) in [4.78, 5) is 12.4. The lowest BCUT2D eigenvalue weighted by atomic mass is 9.84. The Labute approximate surface area is 122 Å². The zero-order valence-electron chi connectivity index (χ0n) is 12.8. The van der Waals surface area contributed by atoms with Gasteiger partial charge in [-0.1, -0.05) is 44.5 Å². The van der Waals surface area contributed by atoms with Crippen LogP contribution in [0.1, 0.15) is 61.9 Å². The van der Waals surface area contributed by atoms with Crippen molar-refractivity contribution >= 4 is 5.78 Å². The van der Waals surface area contributed by atoms with Crippen molar-refractivity contribution in [3.05, 3.63) is 35.4 Å². The van der Waals surface area contributed by atoms with Gasteiger partial charge in [0.25, 0.3) is 0 Å². The summed E-state index contributed by atoms with van der Waals surface area (Å²) in [5, 5.41) is 0. The Morgan fingerprint density at radius 1 is 1.15 bits per heavy atom. The Morgan fingerprint density at radius 2 is 1.90 bits per heavy atom. The van der Waals surface area contributed by atoms with Gasteiger partial charge in [-0.05, 0) is 54.9 Å². The molecule has 2 bridgehead atoms. The van der Waals surface area contributed by atoms with Crippen LogP contribution in [0.25, 0.3) is 0 Å². The quantitative estimate of drug-likeness (QED) is 0.696. The molecule has 0 aliphatic heterocycles. The maximum Gasteiger partial charge on any atom is 0.163 e. The fourth-order valence-corrected chi connectivity index (χ4v) is 4.28. The second kappa shape index (κ2) is 5.71. The molecule has 1 heteroatoms. The molecule has 0 saturated heterocycles. The van der Waals surface area contributed by atoms with Crippen molar-refractivity contribution in [2.24, 2.45) is 23.7 Å². The summed E-state index contributed by atoms with van der Waals surface area (Å²) in [6.45, 7) is 4.46. The minimum Gasteiger partial charge on any atom is -0.294 e. The highest BCUT2D eigenvalue weighted by Crippen LogP contribution is 2.49. The highest BCUT2D eigenvalue weighted by molar-refractivity contribution is 5.96. The van der Waals surface area contributed by atoms with Gasteiger partial charge in [-0.2, -0.15) is 0 Å². The van der Waals surface area contributed by atoms with Crippen LogP contribution in [-0.2, 0) is 6.42 Å². The monoisotopic (exact) mass is 270 g/mol. The van der Waals surface area contributed by atoms with Crippen LogP contribution in [-0.4, -0.2) is 5.78 Å². The topological polar surface area (TPSA) is 17.1 Å². The van der Waals surface area contributed by atoms with E-state index in [0.717, 1.165) is 30.2 Å². The Morgan fingerprint density at radius 3 is 2.45 bits per heavy atom. The fraction of sp³-hybridized carbons (Fsp3) is 0.632. The van der Waals surface area contributed by atoms with Gasteiger partial charge >= 0.3 is 0 Å². The summed E-state index contributed by atoms with van der Waals surface area (Å²) >= 11 is 0. The molecule has 108 valence electrons. The van der Waals surface area contributed by atoms with Gasteiger partial charge in [-0.3, -0.25) is 4.79 Å². The SMILES string of the molecule is CC(C)Cc1ccc(C(=O)CC2CC3CCC2C3)cc1. The van der Waals surface area contributed by atoms with E-state index in [4.69, 9.17) is 0 Å². The first-order valence-electron chi connectivity index (χ1n) is 8.24. The van der Waals surface area contributed by atoms with E-state index < -0.39 is 0 Å². The van der Waals surface area contributed by atoms with E-state index in [9.17, 15) is 4.79 Å². The smallest absolute Gasteiger partial charge is 0.163 e. The molecular weight excluding hydrogens is 244 g/mol. The molecule has 2 aliphatic rings. The number of carbonyl (C=O) groups excluding carboxylic acids is 1. The van der Waals surface area contributed by atoms with Crippen LogP contribution < -0.4 is 0 Å². The molecule has 20 heavy (non-hydrogen) atoms. The average molecular weight is 270 g/mol. The van der Waals surface area contributed by atoms with E-state index in [1.165, 1.54) is 31.2 Å². The summed E-state index contributed by atoms with van der Waals surface area (Å²) in [6.07, 6.45) is 7.37. The van der Waals surface area contributed by atoms with E-state index >= 15 is 0 Å². The molecule has 3 unspecified atom stereocenters. The van der Waals surface area contributed by atoms with Crippen LogP contribution in [0.3, 0.4) is 0 Å². The number of rotatable bonds is 5. The predicted octanol–water partition coefficient (Wildman–Crippen LogP) is 4.89. The van der Waals surface area contributed by atoms with Crippen molar-refractivity contribution in [1.82, 2.24) is 0 Å². The van der Waals surface area contributed by atoms with Gasteiger partial charge in [0.1, 0.15) is 0 Å². The highest BCUT2D eigenvalue weighted by atomic mass is 16.1. The van der Waals surface area contributed by atoms with Crippen LogP contribution in [0.4, 0.5) is 0 Å². The molecule has 1 aromatic rings. The molecule has 0 amide bonds. The summed E-state index contributed by atoms with van der Waals surface area (Å²) in [7, 11) is 0. The molecule has 0 spiro atoms. The molecule has 0 radical (unpaired) electrons. The summed E-state index contributed by atoms with van der Waals surface area (Å²) in [5.41, 5.74) is 2.26. The Kier molecular flexibility index (Phi) is 3.96. The van der Waals surface area contributed by atoms with Gasteiger partial charge in [-0.15, -0.1) is 0 Å². The van der Waals surface area contributed by atoms with Gasteiger partial charge in [-0.25, -0.2) is 0 Å². The molecule has 0 aromatic heterocycles. The number of Topliss-reactive ketones (excluding diaryl/α,β-unsaturated/α-hetero) is 1. The molecule has 1 nitrogen and oxygen atoms in total. The first-order chi connectivity index (χ1) is 9.61. The van der Waals surface area contributed by atoms with Crippen molar-refractivity contribution in [3.8, 4) is 0 Å². The zero-order valence-corrected chi connectivity index (χ0v) is 12.8. The standard InChI is InChI=1S/C19H26O/c1-13(2)9-14-3-6-16(7-4-14)19(20)12-18-11-15-5-8-17(18)10-15/h3-4,6-7,13,15,17-18H,5,8-12H2,1-2H3. The van der Waals surface area contributed by atoms with Crippen molar-refractivity contribution in [2.75, 3.05) is 0 Å². The number of hydrogen-bond donors (Lipinski definition) is 0. The van der Waals surface area contributed by atoms with Crippen LogP contribution in [0, 0.1) is 23.7 Å². The third kappa shape index (κ3) is 2.97. The van der Waals surface area contributed by atoms with E-state index in [1.54, 1.807) is 0 Å². The van der Waals surface area contributed by atoms with Gasteiger partial charge in [0, 0.05) is 12.0 Å². The molecule has 3 atom stereocenters. The Balaban J connectivity index is 1.59. The van der Waals surface area contributed by atoms with Crippen LogP contribution in [0.15, 0.2) is 24.3 Å². The lowest BCUT2D eigenvalue weighted by molar-refractivity contribution is 0.0944. The minimum absolute atomic E-state index is 0.360.